The first-order chi connectivity index (χ1) is 12.0. The lowest BCUT2D eigenvalue weighted by molar-refractivity contribution is -0.136. The van der Waals surface area contributed by atoms with E-state index >= 15 is 0 Å². The van der Waals surface area contributed by atoms with Crippen LogP contribution in [0.2, 0.25) is 0 Å². The molecular weight excluding hydrogens is 330 g/mol. The monoisotopic (exact) mass is 348 g/mol. The van der Waals surface area contributed by atoms with Crippen molar-refractivity contribution in [3.8, 4) is 11.3 Å². The molecule has 8 heteroatoms. The molecule has 3 rings (SSSR count). The Bertz CT molecular complexity index is 764. The van der Waals surface area contributed by atoms with Crippen molar-refractivity contribution in [3.05, 3.63) is 42.2 Å². The van der Waals surface area contributed by atoms with Gasteiger partial charge >= 0.3 is 0 Å². The minimum Gasteiger partial charge on any atom is -0.375 e. The van der Waals surface area contributed by atoms with Crippen LogP contribution in [-0.2, 0) is 9.53 Å². The molecule has 0 unspecified atom stereocenters. The number of benzene rings is 1. The summed E-state index contributed by atoms with van der Waals surface area (Å²) in [6, 6.07) is 5.44. The molecule has 1 saturated heterocycles. The number of amides is 1. The van der Waals surface area contributed by atoms with Crippen molar-refractivity contribution < 1.29 is 18.3 Å². The van der Waals surface area contributed by atoms with Crippen molar-refractivity contribution in [1.82, 2.24) is 14.9 Å². The number of carbonyl (C=O) groups excluding carboxylic acids is 1. The molecule has 0 aliphatic carbocycles. The number of aromatic nitrogens is 2. The van der Waals surface area contributed by atoms with E-state index < -0.39 is 11.6 Å². The lowest BCUT2D eigenvalue weighted by Crippen LogP contribution is -2.60. The lowest BCUT2D eigenvalue weighted by atomic mass is 10.1. The SMILES string of the molecule is COCC(=O)N(C)C1CN(c2ncnc(-c3ccc(F)cc3)c2F)C1. The fourth-order valence-electron chi connectivity index (χ4n) is 2.69. The molecule has 1 aromatic carbocycles. The Morgan fingerprint density at radius 3 is 2.60 bits per heavy atom. The summed E-state index contributed by atoms with van der Waals surface area (Å²) in [4.78, 5) is 23.1. The Hall–Kier alpha value is -2.61. The van der Waals surface area contributed by atoms with Crippen LogP contribution < -0.4 is 4.90 Å². The first-order valence-corrected chi connectivity index (χ1v) is 7.77. The lowest BCUT2D eigenvalue weighted by Gasteiger charge is -2.44. The molecule has 0 atom stereocenters. The number of likely N-dealkylation sites (N-methyl/N-ethyl adjacent to an activating group) is 1. The third kappa shape index (κ3) is 3.43. The normalized spacial score (nSPS) is 14.3. The molecule has 25 heavy (non-hydrogen) atoms. The second-order valence-electron chi connectivity index (χ2n) is 5.86. The largest absolute Gasteiger partial charge is 0.375 e. The van der Waals surface area contributed by atoms with E-state index in [1.807, 2.05) is 0 Å². The Balaban J connectivity index is 1.74. The Kier molecular flexibility index (Phi) is 4.89. The number of anilines is 1. The summed E-state index contributed by atoms with van der Waals surface area (Å²) >= 11 is 0. The third-order valence-electron chi connectivity index (χ3n) is 4.26. The number of ether oxygens (including phenoxy) is 1. The van der Waals surface area contributed by atoms with Gasteiger partial charge in [0.05, 0.1) is 6.04 Å². The highest BCUT2D eigenvalue weighted by Crippen LogP contribution is 2.29. The molecule has 0 spiro atoms. The van der Waals surface area contributed by atoms with Gasteiger partial charge in [0, 0.05) is 32.8 Å². The highest BCUT2D eigenvalue weighted by molar-refractivity contribution is 5.78. The fraction of sp³-hybridized carbons (Fsp3) is 0.353. The fourth-order valence-corrected chi connectivity index (χ4v) is 2.69. The van der Waals surface area contributed by atoms with Gasteiger partial charge in [-0.3, -0.25) is 4.79 Å². The van der Waals surface area contributed by atoms with E-state index in [0.29, 0.717) is 18.7 Å². The molecule has 0 radical (unpaired) electrons. The second kappa shape index (κ2) is 7.10. The van der Waals surface area contributed by atoms with Crippen molar-refractivity contribution >= 4 is 11.7 Å². The summed E-state index contributed by atoms with van der Waals surface area (Å²) < 4.78 is 32.6. The van der Waals surface area contributed by atoms with Crippen LogP contribution in [-0.4, -0.2) is 60.7 Å². The van der Waals surface area contributed by atoms with Gasteiger partial charge in [-0.1, -0.05) is 0 Å². The maximum absolute atomic E-state index is 14.8. The smallest absolute Gasteiger partial charge is 0.248 e. The molecule has 0 bridgehead atoms. The summed E-state index contributed by atoms with van der Waals surface area (Å²) in [6.07, 6.45) is 1.28. The first kappa shape index (κ1) is 17.2. The van der Waals surface area contributed by atoms with Crippen LogP contribution in [0.25, 0.3) is 11.3 Å². The predicted octanol–water partition coefficient (Wildman–Crippen LogP) is 1.72. The van der Waals surface area contributed by atoms with Crippen LogP contribution >= 0.6 is 0 Å². The number of nitrogens with zero attached hydrogens (tertiary/aromatic N) is 4. The van der Waals surface area contributed by atoms with Crippen molar-refractivity contribution in [2.24, 2.45) is 0 Å². The average Bonchev–Trinajstić information content (AvgIpc) is 2.56. The molecule has 2 aromatic rings. The summed E-state index contributed by atoms with van der Waals surface area (Å²) in [7, 11) is 3.16. The van der Waals surface area contributed by atoms with Crippen LogP contribution in [0.5, 0.6) is 0 Å². The number of hydrogen-bond acceptors (Lipinski definition) is 5. The molecule has 6 nitrogen and oxygen atoms in total. The van der Waals surface area contributed by atoms with Crippen molar-refractivity contribution in [3.63, 3.8) is 0 Å². The van der Waals surface area contributed by atoms with Gasteiger partial charge in [-0.25, -0.2) is 18.7 Å². The van der Waals surface area contributed by atoms with E-state index in [0.717, 1.165) is 0 Å². The molecular formula is C17H18F2N4O2. The van der Waals surface area contributed by atoms with Gasteiger partial charge in [0.2, 0.25) is 5.91 Å². The summed E-state index contributed by atoms with van der Waals surface area (Å²) in [5, 5.41) is 0. The molecule has 1 aliphatic rings. The standard InChI is InChI=1S/C17H18F2N4O2/c1-22(14(24)9-25-2)13-7-23(8-13)17-15(19)16(20-10-21-17)11-3-5-12(18)6-4-11/h3-6,10,13H,7-9H2,1-2H3. The number of methoxy groups -OCH3 is 1. The highest BCUT2D eigenvalue weighted by Gasteiger charge is 2.35. The summed E-state index contributed by atoms with van der Waals surface area (Å²) in [5.74, 6) is -0.897. The quantitative estimate of drug-likeness (QED) is 0.823. The molecule has 0 saturated carbocycles. The van der Waals surface area contributed by atoms with E-state index in [-0.39, 0.29) is 30.1 Å². The molecule has 0 N–H and O–H groups in total. The van der Waals surface area contributed by atoms with Crippen molar-refractivity contribution in [2.45, 2.75) is 6.04 Å². The number of halogens is 2. The summed E-state index contributed by atoms with van der Waals surface area (Å²) in [5.41, 5.74) is 0.601. The van der Waals surface area contributed by atoms with Crippen LogP contribution in [0, 0.1) is 11.6 Å². The van der Waals surface area contributed by atoms with Gasteiger partial charge in [0.25, 0.3) is 0 Å². The van der Waals surface area contributed by atoms with E-state index in [2.05, 4.69) is 9.97 Å². The zero-order valence-electron chi connectivity index (χ0n) is 13.9. The zero-order valence-corrected chi connectivity index (χ0v) is 13.9. The van der Waals surface area contributed by atoms with Gasteiger partial charge in [-0.05, 0) is 24.3 Å². The first-order valence-electron chi connectivity index (χ1n) is 7.77. The number of carbonyl (C=O) groups is 1. The van der Waals surface area contributed by atoms with Crippen molar-refractivity contribution in [2.75, 3.05) is 38.8 Å². The Morgan fingerprint density at radius 1 is 1.28 bits per heavy atom. The van der Waals surface area contributed by atoms with E-state index in [4.69, 9.17) is 4.74 Å². The van der Waals surface area contributed by atoms with E-state index in [1.54, 1.807) is 16.8 Å². The van der Waals surface area contributed by atoms with Gasteiger partial charge in [0.1, 0.15) is 24.4 Å². The molecule has 1 aliphatic heterocycles. The minimum absolute atomic E-state index is 0.0174. The molecule has 2 heterocycles. The maximum atomic E-state index is 14.8. The molecule has 1 fully saturated rings. The van der Waals surface area contributed by atoms with Gasteiger partial charge in [-0.2, -0.15) is 0 Å². The topological polar surface area (TPSA) is 58.6 Å². The van der Waals surface area contributed by atoms with Crippen LogP contribution in [0.3, 0.4) is 0 Å². The average molecular weight is 348 g/mol. The summed E-state index contributed by atoms with van der Waals surface area (Å²) in [6.45, 7) is 0.967. The molecule has 1 amide bonds. The minimum atomic E-state index is -0.557. The predicted molar refractivity (Wildman–Crippen MR) is 88.0 cm³/mol. The Labute approximate surface area is 144 Å². The van der Waals surface area contributed by atoms with Crippen LogP contribution in [0.1, 0.15) is 0 Å². The van der Waals surface area contributed by atoms with E-state index in [9.17, 15) is 13.6 Å². The second-order valence-corrected chi connectivity index (χ2v) is 5.86. The maximum Gasteiger partial charge on any atom is 0.248 e. The van der Waals surface area contributed by atoms with Crippen molar-refractivity contribution in [1.29, 1.82) is 0 Å². The van der Waals surface area contributed by atoms with E-state index in [1.165, 1.54) is 37.7 Å². The van der Waals surface area contributed by atoms with Crippen LogP contribution in [0.4, 0.5) is 14.6 Å². The number of hydrogen-bond donors (Lipinski definition) is 0. The molecule has 1 aromatic heterocycles. The Morgan fingerprint density at radius 2 is 1.96 bits per heavy atom. The third-order valence-corrected chi connectivity index (χ3v) is 4.26. The van der Waals surface area contributed by atoms with Crippen LogP contribution in [0.15, 0.2) is 30.6 Å². The highest BCUT2D eigenvalue weighted by atomic mass is 19.1. The van der Waals surface area contributed by atoms with Gasteiger partial charge < -0.3 is 14.5 Å². The van der Waals surface area contributed by atoms with Gasteiger partial charge in [-0.15, -0.1) is 0 Å². The van der Waals surface area contributed by atoms with Gasteiger partial charge in [0.15, 0.2) is 11.6 Å². The molecule has 132 valence electrons. The zero-order chi connectivity index (χ0) is 18.0. The number of rotatable bonds is 5.